The smallest absolute Gasteiger partial charge is 0.169 e. The van der Waals surface area contributed by atoms with Gasteiger partial charge in [-0.05, 0) is 24.3 Å². The molecule has 0 bridgehead atoms. The van der Waals surface area contributed by atoms with Crippen molar-refractivity contribution < 1.29 is 20.1 Å². The third-order valence-corrected chi connectivity index (χ3v) is 2.04. The number of phenolic OH excluding ortho intramolecular Hbond substituents is 3. The molecule has 16 heavy (non-hydrogen) atoms. The van der Waals surface area contributed by atoms with Crippen LogP contribution in [0.1, 0.15) is 0 Å². The van der Waals surface area contributed by atoms with Gasteiger partial charge in [-0.3, -0.25) is 0 Å². The van der Waals surface area contributed by atoms with Crippen molar-refractivity contribution in [3.63, 3.8) is 0 Å². The molecule has 4 nitrogen and oxygen atoms in total. The Morgan fingerprint density at radius 2 is 1.50 bits per heavy atom. The van der Waals surface area contributed by atoms with Crippen molar-refractivity contribution in [1.29, 1.82) is 0 Å². The lowest BCUT2D eigenvalue weighted by atomic mass is 10.3. The number of aromatic hydroxyl groups is 3. The minimum absolute atomic E-state index is 0.00932. The first kappa shape index (κ1) is 10.2. The van der Waals surface area contributed by atoms with Crippen LogP contribution in [0.2, 0.25) is 0 Å². The fourth-order valence-corrected chi connectivity index (χ4v) is 1.24. The van der Waals surface area contributed by atoms with Crippen LogP contribution in [0.25, 0.3) is 0 Å². The number of hydrogen-bond donors (Lipinski definition) is 3. The van der Waals surface area contributed by atoms with Crippen molar-refractivity contribution in [1.82, 2.24) is 0 Å². The standard InChI is InChI=1S/C12H10O4/c13-9-6-5-8(7-11(9)15)16-12-4-2-1-3-10(12)14/h1-7,13-15H. The molecular formula is C12H10O4. The van der Waals surface area contributed by atoms with E-state index < -0.39 is 0 Å². The van der Waals surface area contributed by atoms with Crippen molar-refractivity contribution >= 4 is 0 Å². The van der Waals surface area contributed by atoms with E-state index in [0.29, 0.717) is 5.75 Å². The van der Waals surface area contributed by atoms with Crippen molar-refractivity contribution in [2.24, 2.45) is 0 Å². The SMILES string of the molecule is Oc1ccc(Oc2ccccc2O)cc1O. The first-order valence-electron chi connectivity index (χ1n) is 4.64. The van der Waals surface area contributed by atoms with Crippen molar-refractivity contribution in [2.75, 3.05) is 0 Å². The maximum atomic E-state index is 9.46. The lowest BCUT2D eigenvalue weighted by Gasteiger charge is -2.07. The van der Waals surface area contributed by atoms with E-state index in [9.17, 15) is 10.2 Å². The van der Waals surface area contributed by atoms with Gasteiger partial charge in [0.05, 0.1) is 0 Å². The molecule has 0 aliphatic heterocycles. The van der Waals surface area contributed by atoms with E-state index >= 15 is 0 Å². The van der Waals surface area contributed by atoms with Gasteiger partial charge in [-0.15, -0.1) is 0 Å². The van der Waals surface area contributed by atoms with E-state index in [1.165, 1.54) is 24.3 Å². The Morgan fingerprint density at radius 3 is 2.19 bits per heavy atom. The zero-order valence-corrected chi connectivity index (χ0v) is 8.29. The van der Waals surface area contributed by atoms with Gasteiger partial charge < -0.3 is 20.1 Å². The van der Waals surface area contributed by atoms with Gasteiger partial charge in [0.2, 0.25) is 0 Å². The molecule has 0 aliphatic rings. The highest BCUT2D eigenvalue weighted by molar-refractivity contribution is 5.47. The minimum atomic E-state index is -0.270. The Hall–Kier alpha value is -2.36. The highest BCUT2D eigenvalue weighted by Crippen LogP contribution is 2.34. The van der Waals surface area contributed by atoms with E-state index in [0.717, 1.165) is 0 Å². The van der Waals surface area contributed by atoms with Crippen LogP contribution in [0.5, 0.6) is 28.7 Å². The molecule has 2 aromatic carbocycles. The Labute approximate surface area is 92.0 Å². The first-order chi connectivity index (χ1) is 7.66. The van der Waals surface area contributed by atoms with E-state index in [1.54, 1.807) is 18.2 Å². The highest BCUT2D eigenvalue weighted by atomic mass is 16.5. The van der Waals surface area contributed by atoms with Gasteiger partial charge in [-0.25, -0.2) is 0 Å². The summed E-state index contributed by atoms with van der Waals surface area (Å²) < 4.78 is 5.32. The Bertz CT molecular complexity index is 508. The normalized spacial score (nSPS) is 10.0. The predicted octanol–water partition coefficient (Wildman–Crippen LogP) is 2.60. The average molecular weight is 218 g/mol. The summed E-state index contributed by atoms with van der Waals surface area (Å²) in [5.41, 5.74) is 0. The number of ether oxygens (including phenoxy) is 1. The topological polar surface area (TPSA) is 69.9 Å². The molecule has 0 unspecified atom stereocenters. The molecule has 0 saturated carbocycles. The first-order valence-corrected chi connectivity index (χ1v) is 4.64. The van der Waals surface area contributed by atoms with E-state index in [4.69, 9.17) is 9.84 Å². The van der Waals surface area contributed by atoms with E-state index in [1.807, 2.05) is 0 Å². The van der Waals surface area contributed by atoms with Crippen molar-refractivity contribution in [3.05, 3.63) is 42.5 Å². The van der Waals surface area contributed by atoms with Crippen molar-refractivity contribution in [2.45, 2.75) is 0 Å². The third kappa shape index (κ3) is 2.00. The lowest BCUT2D eigenvalue weighted by Crippen LogP contribution is -1.84. The van der Waals surface area contributed by atoms with Gasteiger partial charge in [0.25, 0.3) is 0 Å². The Balaban J connectivity index is 2.28. The maximum Gasteiger partial charge on any atom is 0.169 e. The molecule has 0 atom stereocenters. The zero-order chi connectivity index (χ0) is 11.5. The molecule has 0 heterocycles. The summed E-state index contributed by atoms with van der Waals surface area (Å²) in [5.74, 6) is 0.136. The van der Waals surface area contributed by atoms with Crippen LogP contribution < -0.4 is 4.74 Å². The summed E-state index contributed by atoms with van der Waals surface area (Å²) in [6, 6.07) is 10.6. The molecule has 0 aliphatic carbocycles. The maximum absolute atomic E-state index is 9.46. The molecule has 0 spiro atoms. The van der Waals surface area contributed by atoms with Crippen LogP contribution in [0.4, 0.5) is 0 Å². The fourth-order valence-electron chi connectivity index (χ4n) is 1.24. The van der Waals surface area contributed by atoms with E-state index in [2.05, 4.69) is 0 Å². The number of benzene rings is 2. The molecule has 82 valence electrons. The second-order valence-electron chi connectivity index (χ2n) is 3.22. The molecular weight excluding hydrogens is 208 g/mol. The number of hydrogen-bond acceptors (Lipinski definition) is 4. The zero-order valence-electron chi connectivity index (χ0n) is 8.29. The van der Waals surface area contributed by atoms with Gasteiger partial charge in [0.1, 0.15) is 5.75 Å². The Kier molecular flexibility index (Phi) is 2.55. The monoisotopic (exact) mass is 218 g/mol. The number of phenols is 3. The summed E-state index contributed by atoms with van der Waals surface area (Å²) in [6.07, 6.45) is 0. The fraction of sp³-hybridized carbons (Fsp3) is 0. The lowest BCUT2D eigenvalue weighted by molar-refractivity contribution is 0.390. The van der Waals surface area contributed by atoms with Gasteiger partial charge in [0.15, 0.2) is 23.0 Å². The predicted molar refractivity (Wildman–Crippen MR) is 58.0 cm³/mol. The van der Waals surface area contributed by atoms with Gasteiger partial charge in [-0.1, -0.05) is 12.1 Å². The molecule has 0 amide bonds. The molecule has 0 radical (unpaired) electrons. The summed E-state index contributed by atoms with van der Waals surface area (Å²) >= 11 is 0. The van der Waals surface area contributed by atoms with Crippen LogP contribution in [0.15, 0.2) is 42.5 Å². The van der Waals surface area contributed by atoms with Crippen molar-refractivity contribution in [3.8, 4) is 28.7 Å². The van der Waals surface area contributed by atoms with E-state index in [-0.39, 0.29) is 23.0 Å². The summed E-state index contributed by atoms with van der Waals surface area (Å²) in [6.45, 7) is 0. The largest absolute Gasteiger partial charge is 0.504 e. The average Bonchev–Trinajstić information content (AvgIpc) is 2.27. The van der Waals surface area contributed by atoms with Crippen LogP contribution in [0.3, 0.4) is 0 Å². The molecule has 3 N–H and O–H groups in total. The number of rotatable bonds is 2. The van der Waals surface area contributed by atoms with Gasteiger partial charge in [-0.2, -0.15) is 0 Å². The summed E-state index contributed by atoms with van der Waals surface area (Å²) in [7, 11) is 0. The van der Waals surface area contributed by atoms with Gasteiger partial charge in [0, 0.05) is 6.07 Å². The second kappa shape index (κ2) is 4.02. The molecule has 0 fully saturated rings. The quantitative estimate of drug-likeness (QED) is 0.677. The van der Waals surface area contributed by atoms with Crippen LogP contribution in [0, 0.1) is 0 Å². The van der Waals surface area contributed by atoms with Crippen LogP contribution >= 0.6 is 0 Å². The number of para-hydroxylation sites is 2. The van der Waals surface area contributed by atoms with Crippen LogP contribution in [-0.4, -0.2) is 15.3 Å². The Morgan fingerprint density at radius 1 is 0.750 bits per heavy atom. The van der Waals surface area contributed by atoms with Gasteiger partial charge >= 0.3 is 0 Å². The molecule has 0 aromatic heterocycles. The molecule has 2 aromatic rings. The summed E-state index contributed by atoms with van der Waals surface area (Å²) in [4.78, 5) is 0. The molecule has 0 saturated heterocycles. The van der Waals surface area contributed by atoms with Crippen LogP contribution in [-0.2, 0) is 0 Å². The molecule has 4 heteroatoms. The molecule has 2 rings (SSSR count). The second-order valence-corrected chi connectivity index (χ2v) is 3.22. The summed E-state index contributed by atoms with van der Waals surface area (Å²) in [5, 5.41) is 27.8. The highest BCUT2D eigenvalue weighted by Gasteiger charge is 2.05. The minimum Gasteiger partial charge on any atom is -0.504 e. The third-order valence-electron chi connectivity index (χ3n) is 2.04.